The smallest absolute Gasteiger partial charge is 0.236 e. The van der Waals surface area contributed by atoms with E-state index in [0.29, 0.717) is 31.9 Å². The number of thioether (sulfide) groups is 1. The van der Waals surface area contributed by atoms with Gasteiger partial charge in [0.05, 0.1) is 16.5 Å². The maximum absolute atomic E-state index is 12.4. The predicted octanol–water partition coefficient (Wildman–Crippen LogP) is 5.86. The summed E-state index contributed by atoms with van der Waals surface area (Å²) in [7, 11) is 1.82. The fourth-order valence-corrected chi connectivity index (χ4v) is 4.73. The summed E-state index contributed by atoms with van der Waals surface area (Å²) in [6.07, 6.45) is 0. The van der Waals surface area contributed by atoms with Gasteiger partial charge < -0.3 is 14.6 Å². The van der Waals surface area contributed by atoms with Crippen molar-refractivity contribution in [2.24, 2.45) is 7.05 Å². The fraction of sp³-hybridized carbons (Fsp3) is 0.182. The number of ether oxygens (including phenoxy) is 1. The van der Waals surface area contributed by atoms with Gasteiger partial charge in [-0.05, 0) is 25.1 Å². The fourth-order valence-electron chi connectivity index (χ4n) is 2.80. The highest BCUT2D eigenvalue weighted by Gasteiger charge is 2.14. The van der Waals surface area contributed by atoms with Gasteiger partial charge in [0.2, 0.25) is 5.91 Å². The zero-order valence-electron chi connectivity index (χ0n) is 17.7. The minimum Gasteiger partial charge on any atom is -0.484 e. The van der Waals surface area contributed by atoms with E-state index in [4.69, 9.17) is 27.9 Å². The third kappa shape index (κ3) is 6.05. The Balaban J connectivity index is 1.30. The second-order valence-corrected chi connectivity index (χ2v) is 9.71. The first-order valence-electron chi connectivity index (χ1n) is 9.80. The lowest BCUT2D eigenvalue weighted by Crippen LogP contribution is -2.14. The minimum atomic E-state index is -0.168. The molecule has 0 fully saturated rings. The lowest BCUT2D eigenvalue weighted by molar-refractivity contribution is -0.113. The van der Waals surface area contributed by atoms with Crippen LogP contribution < -0.4 is 10.1 Å². The van der Waals surface area contributed by atoms with E-state index in [2.05, 4.69) is 20.5 Å². The Hall–Kier alpha value is -2.59. The lowest BCUT2D eigenvalue weighted by Gasteiger charge is -2.08. The number of aryl methyl sites for hydroxylation is 1. The molecule has 7 nitrogen and oxygen atoms in total. The molecule has 0 aliphatic heterocycles. The highest BCUT2D eigenvalue weighted by molar-refractivity contribution is 7.99. The Kier molecular flexibility index (Phi) is 7.54. The molecule has 0 bridgehead atoms. The van der Waals surface area contributed by atoms with Gasteiger partial charge in [0.1, 0.15) is 12.4 Å². The van der Waals surface area contributed by atoms with E-state index in [0.717, 1.165) is 11.3 Å². The Morgan fingerprint density at radius 1 is 1.18 bits per heavy atom. The molecule has 1 N–H and O–H groups in total. The Bertz CT molecular complexity index is 1270. The molecule has 1 amide bonds. The maximum atomic E-state index is 12.4. The molecule has 2 heterocycles. The molecule has 0 aliphatic rings. The molecule has 0 saturated heterocycles. The number of thiazole rings is 1. The first-order valence-corrected chi connectivity index (χ1v) is 12.4. The summed E-state index contributed by atoms with van der Waals surface area (Å²) in [6, 6.07) is 13.1. The number of hydrogen-bond donors (Lipinski definition) is 1. The number of nitrogens with zero attached hydrogens (tertiary/aromatic N) is 4. The van der Waals surface area contributed by atoms with Crippen LogP contribution in [-0.4, -0.2) is 31.4 Å². The maximum Gasteiger partial charge on any atom is 0.236 e. The van der Waals surface area contributed by atoms with Gasteiger partial charge in [-0.3, -0.25) is 4.79 Å². The Morgan fingerprint density at radius 2 is 1.97 bits per heavy atom. The molecule has 11 heteroatoms. The number of carbonyl (C=O) groups is 1. The summed E-state index contributed by atoms with van der Waals surface area (Å²) >= 11 is 14.7. The van der Waals surface area contributed by atoms with E-state index in [-0.39, 0.29) is 18.3 Å². The number of carbonyl (C=O) groups excluding carboxylic acids is 1. The second kappa shape index (κ2) is 10.6. The molecular formula is C22H19Cl2N5O2S2. The first-order chi connectivity index (χ1) is 15.9. The molecule has 4 rings (SSSR count). The van der Waals surface area contributed by atoms with E-state index in [1.54, 1.807) is 22.8 Å². The van der Waals surface area contributed by atoms with Crippen LogP contribution in [0.1, 0.15) is 11.4 Å². The lowest BCUT2D eigenvalue weighted by atomic mass is 10.1. The number of aromatic nitrogens is 4. The first kappa shape index (κ1) is 23.6. The molecule has 33 heavy (non-hydrogen) atoms. The van der Waals surface area contributed by atoms with Crippen molar-refractivity contribution in [2.45, 2.75) is 18.7 Å². The summed E-state index contributed by atoms with van der Waals surface area (Å²) in [5.41, 5.74) is 3.04. The molecule has 2 aromatic carbocycles. The number of anilines is 1. The van der Waals surface area contributed by atoms with Crippen LogP contribution in [0.5, 0.6) is 5.75 Å². The molecule has 0 unspecified atom stereocenters. The number of rotatable bonds is 8. The van der Waals surface area contributed by atoms with E-state index in [1.807, 2.05) is 43.6 Å². The molecule has 2 aromatic heterocycles. The van der Waals surface area contributed by atoms with Crippen molar-refractivity contribution >= 4 is 57.3 Å². The average Bonchev–Trinajstić information content (AvgIpc) is 3.39. The zero-order chi connectivity index (χ0) is 23.4. The van der Waals surface area contributed by atoms with Gasteiger partial charge in [-0.25, -0.2) is 4.98 Å². The van der Waals surface area contributed by atoms with Crippen LogP contribution in [0.3, 0.4) is 0 Å². The topological polar surface area (TPSA) is 81.9 Å². The van der Waals surface area contributed by atoms with Gasteiger partial charge in [-0.1, -0.05) is 64.8 Å². The van der Waals surface area contributed by atoms with Crippen LogP contribution in [0.15, 0.2) is 53.0 Å². The average molecular weight is 520 g/mol. The van der Waals surface area contributed by atoms with Crippen molar-refractivity contribution in [1.82, 2.24) is 19.7 Å². The monoisotopic (exact) mass is 519 g/mol. The summed E-state index contributed by atoms with van der Waals surface area (Å²) in [5, 5.41) is 15.2. The van der Waals surface area contributed by atoms with Gasteiger partial charge in [0, 0.05) is 23.0 Å². The van der Waals surface area contributed by atoms with Crippen molar-refractivity contribution in [1.29, 1.82) is 0 Å². The van der Waals surface area contributed by atoms with Crippen molar-refractivity contribution in [3.8, 4) is 17.0 Å². The van der Waals surface area contributed by atoms with Crippen molar-refractivity contribution in [2.75, 3.05) is 11.1 Å². The van der Waals surface area contributed by atoms with Crippen molar-refractivity contribution < 1.29 is 9.53 Å². The molecular weight excluding hydrogens is 501 g/mol. The highest BCUT2D eigenvalue weighted by Crippen LogP contribution is 2.28. The largest absolute Gasteiger partial charge is 0.484 e. The number of halogens is 2. The normalized spacial score (nSPS) is 10.9. The van der Waals surface area contributed by atoms with Gasteiger partial charge in [-0.2, -0.15) is 0 Å². The van der Waals surface area contributed by atoms with Crippen LogP contribution in [0.2, 0.25) is 10.0 Å². The minimum absolute atomic E-state index is 0.168. The number of benzene rings is 2. The van der Waals surface area contributed by atoms with Gasteiger partial charge in [0.25, 0.3) is 0 Å². The number of nitrogens with one attached hydrogen (secondary N) is 1. The number of hydrogen-bond acceptors (Lipinski definition) is 7. The van der Waals surface area contributed by atoms with E-state index < -0.39 is 0 Å². The molecule has 0 radical (unpaired) electrons. The SMILES string of the molecule is Cc1ccc(-c2csc(NC(=O)CSc3nnc(COc4ccc(Cl)cc4Cl)n3C)n2)cc1. The summed E-state index contributed by atoms with van der Waals surface area (Å²) < 4.78 is 7.49. The molecule has 170 valence electrons. The number of amides is 1. The summed E-state index contributed by atoms with van der Waals surface area (Å²) in [6.45, 7) is 2.22. The van der Waals surface area contributed by atoms with Crippen LogP contribution >= 0.6 is 46.3 Å². The standard InChI is InChI=1S/C22H19Cl2N5O2S2/c1-13-3-5-14(6-4-13)17-11-32-21(25-17)26-20(30)12-33-22-28-27-19(29(22)2)10-31-18-8-7-15(23)9-16(18)24/h3-9,11H,10,12H2,1-2H3,(H,25,26,30). The molecule has 0 spiro atoms. The molecule has 0 saturated carbocycles. The summed E-state index contributed by atoms with van der Waals surface area (Å²) in [4.78, 5) is 16.9. The third-order valence-electron chi connectivity index (χ3n) is 4.61. The Labute approximate surface area is 209 Å². The van der Waals surface area contributed by atoms with E-state index in [1.165, 1.54) is 28.7 Å². The highest BCUT2D eigenvalue weighted by atomic mass is 35.5. The van der Waals surface area contributed by atoms with Crippen LogP contribution in [0, 0.1) is 6.92 Å². The molecule has 4 aromatic rings. The molecule has 0 atom stereocenters. The molecule has 0 aliphatic carbocycles. The van der Waals surface area contributed by atoms with Gasteiger partial charge in [-0.15, -0.1) is 21.5 Å². The third-order valence-corrected chi connectivity index (χ3v) is 6.91. The van der Waals surface area contributed by atoms with E-state index >= 15 is 0 Å². The van der Waals surface area contributed by atoms with Crippen LogP contribution in [0.4, 0.5) is 5.13 Å². The van der Waals surface area contributed by atoms with Crippen molar-refractivity contribution in [3.63, 3.8) is 0 Å². The predicted molar refractivity (Wildman–Crippen MR) is 133 cm³/mol. The van der Waals surface area contributed by atoms with Crippen LogP contribution in [0.25, 0.3) is 11.3 Å². The Morgan fingerprint density at radius 3 is 2.73 bits per heavy atom. The van der Waals surface area contributed by atoms with Crippen LogP contribution in [-0.2, 0) is 18.4 Å². The van der Waals surface area contributed by atoms with Gasteiger partial charge in [0.15, 0.2) is 16.1 Å². The van der Waals surface area contributed by atoms with Crippen molar-refractivity contribution in [3.05, 3.63) is 69.3 Å². The zero-order valence-corrected chi connectivity index (χ0v) is 20.9. The summed E-state index contributed by atoms with van der Waals surface area (Å²) in [5.74, 6) is 1.12. The van der Waals surface area contributed by atoms with E-state index in [9.17, 15) is 4.79 Å². The quantitative estimate of drug-likeness (QED) is 0.293. The van der Waals surface area contributed by atoms with Gasteiger partial charge >= 0.3 is 0 Å². The second-order valence-electron chi connectivity index (χ2n) is 7.06.